The van der Waals surface area contributed by atoms with Gasteiger partial charge in [0.05, 0.1) is 43.4 Å². The molecule has 3 heterocycles. The number of rotatable bonds is 6. The maximum Gasteiger partial charge on any atom is 0.322 e. The maximum absolute atomic E-state index is 12.7. The largest absolute Gasteiger partial charge is 0.475 e. The molecule has 3 rings (SSSR count). The molecule has 1 fully saturated rings. The second kappa shape index (κ2) is 8.63. The third-order valence-electron chi connectivity index (χ3n) is 4.11. The molecule has 0 bridgehead atoms. The van der Waals surface area contributed by atoms with Gasteiger partial charge in [-0.25, -0.2) is 9.78 Å². The van der Waals surface area contributed by atoms with Crippen LogP contribution in [0.1, 0.15) is 11.7 Å². The topological polar surface area (TPSA) is 90.7 Å². The van der Waals surface area contributed by atoms with Gasteiger partial charge in [0.2, 0.25) is 5.88 Å². The number of carbonyl (C=O) groups is 1. The molecule has 0 spiro atoms. The molecule has 1 atom stereocenters. The molecular formula is C17H23N5O4. The Bertz CT molecular complexity index is 718. The smallest absolute Gasteiger partial charge is 0.322 e. The molecule has 1 aliphatic heterocycles. The summed E-state index contributed by atoms with van der Waals surface area (Å²) in [7, 11) is 3.46. The van der Waals surface area contributed by atoms with Crippen LogP contribution in [0.15, 0.2) is 30.6 Å². The number of nitrogens with zero attached hydrogens (tertiary/aromatic N) is 4. The third kappa shape index (κ3) is 4.30. The van der Waals surface area contributed by atoms with Crippen molar-refractivity contribution >= 4 is 11.7 Å². The zero-order valence-corrected chi connectivity index (χ0v) is 14.9. The lowest BCUT2D eigenvalue weighted by atomic mass is 10.1. The standard InChI is InChI=1S/C17H23N5O4/c1-21-14(5-6-19-21)15-12-25-8-7-22(15)17(23)20-13-3-4-16(18-11-13)26-10-9-24-2/h3-6,11,15H,7-10,12H2,1-2H3,(H,20,23). The number of morpholine rings is 1. The molecule has 1 unspecified atom stereocenters. The van der Waals surface area contributed by atoms with Gasteiger partial charge in [-0.05, 0) is 12.1 Å². The molecule has 0 aliphatic carbocycles. The van der Waals surface area contributed by atoms with Gasteiger partial charge < -0.3 is 24.4 Å². The van der Waals surface area contributed by atoms with E-state index < -0.39 is 0 Å². The first-order valence-corrected chi connectivity index (χ1v) is 8.40. The van der Waals surface area contributed by atoms with E-state index in [1.165, 1.54) is 0 Å². The number of carbonyl (C=O) groups excluding carboxylic acids is 1. The summed E-state index contributed by atoms with van der Waals surface area (Å²) in [6, 6.07) is 4.98. The van der Waals surface area contributed by atoms with Crippen molar-refractivity contribution in [2.45, 2.75) is 6.04 Å². The fourth-order valence-corrected chi connectivity index (χ4v) is 2.77. The molecule has 0 aromatic carbocycles. The Labute approximate surface area is 151 Å². The lowest BCUT2D eigenvalue weighted by Crippen LogP contribution is -2.46. The van der Waals surface area contributed by atoms with E-state index in [0.29, 0.717) is 44.5 Å². The van der Waals surface area contributed by atoms with E-state index >= 15 is 0 Å². The fourth-order valence-electron chi connectivity index (χ4n) is 2.77. The van der Waals surface area contributed by atoms with Gasteiger partial charge in [-0.15, -0.1) is 0 Å². The molecule has 0 radical (unpaired) electrons. The number of methoxy groups -OCH3 is 1. The Balaban J connectivity index is 1.63. The SMILES string of the molecule is COCCOc1ccc(NC(=O)N2CCOCC2c2ccnn2C)cn1. The van der Waals surface area contributed by atoms with E-state index in [4.69, 9.17) is 14.2 Å². The Hall–Kier alpha value is -2.65. The second-order valence-electron chi connectivity index (χ2n) is 5.82. The van der Waals surface area contributed by atoms with Crippen LogP contribution in [0.4, 0.5) is 10.5 Å². The monoisotopic (exact) mass is 361 g/mol. The van der Waals surface area contributed by atoms with Gasteiger partial charge >= 0.3 is 6.03 Å². The first kappa shape index (κ1) is 18.2. The zero-order valence-electron chi connectivity index (χ0n) is 14.9. The normalized spacial score (nSPS) is 17.2. The van der Waals surface area contributed by atoms with E-state index in [1.807, 2.05) is 13.1 Å². The van der Waals surface area contributed by atoms with Crippen LogP contribution in [-0.4, -0.2) is 65.8 Å². The van der Waals surface area contributed by atoms with Crippen molar-refractivity contribution in [2.75, 3.05) is 45.4 Å². The molecule has 1 aliphatic rings. The van der Waals surface area contributed by atoms with Crippen molar-refractivity contribution in [1.29, 1.82) is 0 Å². The van der Waals surface area contributed by atoms with E-state index in [-0.39, 0.29) is 12.1 Å². The fraction of sp³-hybridized carbons (Fsp3) is 0.471. The quantitative estimate of drug-likeness (QED) is 0.783. The highest BCUT2D eigenvalue weighted by Gasteiger charge is 2.30. The molecule has 9 nitrogen and oxygen atoms in total. The summed E-state index contributed by atoms with van der Waals surface area (Å²) in [5.74, 6) is 0.485. The Morgan fingerprint density at radius 1 is 1.38 bits per heavy atom. The van der Waals surface area contributed by atoms with Crippen LogP contribution >= 0.6 is 0 Å². The number of amides is 2. The Kier molecular flexibility index (Phi) is 6.03. The Morgan fingerprint density at radius 3 is 2.96 bits per heavy atom. The Morgan fingerprint density at radius 2 is 2.27 bits per heavy atom. The number of hydrogen-bond donors (Lipinski definition) is 1. The minimum atomic E-state index is -0.200. The highest BCUT2D eigenvalue weighted by atomic mass is 16.5. The summed E-state index contributed by atoms with van der Waals surface area (Å²) in [6.45, 7) is 2.37. The number of aryl methyl sites for hydroxylation is 1. The van der Waals surface area contributed by atoms with Crippen molar-refractivity contribution < 1.29 is 19.0 Å². The van der Waals surface area contributed by atoms with Crippen LogP contribution in [0.2, 0.25) is 0 Å². The summed E-state index contributed by atoms with van der Waals surface area (Å²) < 4.78 is 17.7. The number of nitrogens with one attached hydrogen (secondary N) is 1. The van der Waals surface area contributed by atoms with Crippen molar-refractivity contribution in [3.8, 4) is 5.88 Å². The van der Waals surface area contributed by atoms with E-state index in [0.717, 1.165) is 5.69 Å². The molecule has 2 aromatic heterocycles. The number of pyridine rings is 1. The summed E-state index contributed by atoms with van der Waals surface area (Å²) in [4.78, 5) is 18.7. The molecule has 1 saturated heterocycles. The third-order valence-corrected chi connectivity index (χ3v) is 4.11. The van der Waals surface area contributed by atoms with Gasteiger partial charge in [-0.1, -0.05) is 0 Å². The van der Waals surface area contributed by atoms with Gasteiger partial charge in [-0.3, -0.25) is 4.68 Å². The van der Waals surface area contributed by atoms with Crippen LogP contribution in [0, 0.1) is 0 Å². The average Bonchev–Trinajstić information content (AvgIpc) is 3.09. The summed E-state index contributed by atoms with van der Waals surface area (Å²) in [5.41, 5.74) is 1.53. The lowest BCUT2D eigenvalue weighted by molar-refractivity contribution is 0.0120. The highest BCUT2D eigenvalue weighted by molar-refractivity contribution is 5.89. The molecule has 1 N–H and O–H groups in total. The van der Waals surface area contributed by atoms with Crippen LogP contribution in [0.3, 0.4) is 0 Å². The zero-order chi connectivity index (χ0) is 18.4. The highest BCUT2D eigenvalue weighted by Crippen LogP contribution is 2.24. The number of hydrogen-bond acceptors (Lipinski definition) is 6. The van der Waals surface area contributed by atoms with Crippen molar-refractivity contribution in [3.63, 3.8) is 0 Å². The predicted molar refractivity (Wildman–Crippen MR) is 94.1 cm³/mol. The summed E-state index contributed by atoms with van der Waals surface area (Å²) in [6.07, 6.45) is 3.28. The van der Waals surface area contributed by atoms with Crippen molar-refractivity contribution in [3.05, 3.63) is 36.3 Å². The first-order chi connectivity index (χ1) is 12.7. The molecule has 2 amide bonds. The number of anilines is 1. The first-order valence-electron chi connectivity index (χ1n) is 8.40. The van der Waals surface area contributed by atoms with Gasteiger partial charge in [0.1, 0.15) is 6.61 Å². The number of urea groups is 1. The van der Waals surface area contributed by atoms with E-state index in [1.54, 1.807) is 41.2 Å². The van der Waals surface area contributed by atoms with Gasteiger partial charge in [-0.2, -0.15) is 5.10 Å². The van der Waals surface area contributed by atoms with E-state index in [9.17, 15) is 4.79 Å². The van der Waals surface area contributed by atoms with Crippen molar-refractivity contribution in [1.82, 2.24) is 19.7 Å². The molecule has 0 saturated carbocycles. The minimum Gasteiger partial charge on any atom is -0.475 e. The number of ether oxygens (including phenoxy) is 3. The summed E-state index contributed by atoms with van der Waals surface area (Å²) >= 11 is 0. The molecular weight excluding hydrogens is 338 g/mol. The lowest BCUT2D eigenvalue weighted by Gasteiger charge is -2.35. The molecule has 9 heteroatoms. The summed E-state index contributed by atoms with van der Waals surface area (Å²) in [5, 5.41) is 7.06. The predicted octanol–water partition coefficient (Wildman–Crippen LogP) is 1.45. The van der Waals surface area contributed by atoms with Gasteiger partial charge in [0.15, 0.2) is 0 Å². The van der Waals surface area contributed by atoms with Crippen LogP contribution < -0.4 is 10.1 Å². The average molecular weight is 361 g/mol. The molecule has 140 valence electrons. The number of aromatic nitrogens is 3. The van der Waals surface area contributed by atoms with Gasteiger partial charge in [0, 0.05) is 33.0 Å². The maximum atomic E-state index is 12.7. The minimum absolute atomic E-state index is 0.180. The van der Waals surface area contributed by atoms with Crippen LogP contribution in [0.25, 0.3) is 0 Å². The molecule has 2 aromatic rings. The molecule has 26 heavy (non-hydrogen) atoms. The van der Waals surface area contributed by atoms with Crippen molar-refractivity contribution in [2.24, 2.45) is 7.05 Å². The van der Waals surface area contributed by atoms with Crippen LogP contribution in [0.5, 0.6) is 5.88 Å². The second-order valence-corrected chi connectivity index (χ2v) is 5.82. The van der Waals surface area contributed by atoms with E-state index in [2.05, 4.69) is 15.4 Å². The van der Waals surface area contributed by atoms with Crippen LogP contribution in [-0.2, 0) is 16.5 Å². The van der Waals surface area contributed by atoms with Gasteiger partial charge in [0.25, 0.3) is 0 Å².